The van der Waals surface area contributed by atoms with E-state index in [-0.39, 0.29) is 10.4 Å². The second kappa shape index (κ2) is 5.53. The molecule has 0 amide bonds. The van der Waals surface area contributed by atoms with E-state index in [9.17, 15) is 10.0 Å². The van der Waals surface area contributed by atoms with Crippen molar-refractivity contribution in [3.05, 3.63) is 27.5 Å². The number of carbonyl (C=O) groups is 1. The summed E-state index contributed by atoms with van der Waals surface area (Å²) in [7, 11) is 1.20. The first kappa shape index (κ1) is 11.9. The summed E-state index contributed by atoms with van der Waals surface area (Å²) in [4.78, 5) is 10.9. The van der Waals surface area contributed by atoms with Gasteiger partial charge in [0.2, 0.25) is 0 Å². The van der Waals surface area contributed by atoms with Gasteiger partial charge in [-0.1, -0.05) is 15.9 Å². The highest BCUT2D eigenvalue weighted by atomic mass is 79.9. The third kappa shape index (κ3) is 4.47. The maximum Gasteiger partial charge on any atom is 0.404 e. The number of nitrogens with zero attached hydrogens (tertiary/aromatic N) is 1. The van der Waals surface area contributed by atoms with Gasteiger partial charge in [0.15, 0.2) is 0 Å². The molecule has 0 aromatic heterocycles. The minimum Gasteiger partial charge on any atom is -0.619 e. The lowest BCUT2D eigenvalue weighted by atomic mass is 10.4. The Morgan fingerprint density at radius 2 is 2.15 bits per heavy atom. The van der Waals surface area contributed by atoms with Gasteiger partial charge in [-0.3, -0.25) is 0 Å². The number of ether oxygens (including phenoxy) is 1. The van der Waals surface area contributed by atoms with Crippen LogP contribution in [0.2, 0.25) is 0 Å². The van der Waals surface area contributed by atoms with Gasteiger partial charge in [0.1, 0.15) is 6.72 Å². The predicted octanol–water partition coefficient (Wildman–Crippen LogP) is 1.55. The molecule has 0 aromatic carbocycles. The van der Waals surface area contributed by atoms with Crippen LogP contribution in [-0.2, 0) is 9.53 Å². The molecule has 72 valence electrons. The average Bonchev–Trinajstić information content (AvgIpc) is 2.03. The van der Waals surface area contributed by atoms with Gasteiger partial charge in [0.25, 0.3) is 0 Å². The normalized spacial score (nSPS) is 12.5. The van der Waals surface area contributed by atoms with Gasteiger partial charge in [0, 0.05) is 6.08 Å². The third-order valence-corrected chi connectivity index (χ3v) is 1.40. The van der Waals surface area contributed by atoms with Crippen LogP contribution in [0.15, 0.2) is 22.3 Å². The van der Waals surface area contributed by atoms with Crippen LogP contribution in [0, 0.1) is 5.21 Å². The number of methoxy groups -OCH3 is 1. The number of hydroxylamine groups is 1. The summed E-state index contributed by atoms with van der Waals surface area (Å²) in [5.74, 6) is -0.713. The van der Waals surface area contributed by atoms with Crippen molar-refractivity contribution in [3.63, 3.8) is 0 Å². The van der Waals surface area contributed by atoms with E-state index in [1.54, 1.807) is 13.0 Å². The molecule has 0 fully saturated rings. The monoisotopic (exact) mass is 247 g/mol. The van der Waals surface area contributed by atoms with Crippen LogP contribution in [-0.4, -0.2) is 24.5 Å². The number of hydrogen-bond acceptors (Lipinski definition) is 3. The molecule has 0 unspecified atom stereocenters. The van der Waals surface area contributed by atoms with E-state index in [0.29, 0.717) is 0 Å². The molecule has 0 aliphatic rings. The van der Waals surface area contributed by atoms with E-state index in [1.807, 2.05) is 0 Å². The number of carbonyl (C=O) groups excluding carboxylic acids is 1. The van der Waals surface area contributed by atoms with E-state index in [4.69, 9.17) is 0 Å². The molecule has 4 nitrogen and oxygen atoms in total. The minimum atomic E-state index is -0.713. The standard InChI is InChI=1S/C8H10BrNO3/c1-6(9)4-5-7(10(2)12)8(11)13-3/h4-5H,2H2,1,3H3/b6-4+,7-5-. The summed E-state index contributed by atoms with van der Waals surface area (Å²) in [6, 6.07) is 0. The van der Waals surface area contributed by atoms with Gasteiger partial charge in [-0.25, -0.2) is 4.79 Å². The molecule has 0 rings (SSSR count). The predicted molar refractivity (Wildman–Crippen MR) is 53.5 cm³/mol. The Hall–Kier alpha value is -1.10. The molecule has 13 heavy (non-hydrogen) atoms. The van der Waals surface area contributed by atoms with Crippen LogP contribution in [0.3, 0.4) is 0 Å². The van der Waals surface area contributed by atoms with Crippen molar-refractivity contribution < 1.29 is 14.3 Å². The lowest BCUT2D eigenvalue weighted by Gasteiger charge is -2.01. The van der Waals surface area contributed by atoms with Crippen molar-refractivity contribution in [2.24, 2.45) is 0 Å². The molecular weight excluding hydrogens is 238 g/mol. The van der Waals surface area contributed by atoms with E-state index in [0.717, 1.165) is 4.48 Å². The zero-order valence-corrected chi connectivity index (χ0v) is 9.00. The zero-order chi connectivity index (χ0) is 10.4. The quantitative estimate of drug-likeness (QED) is 0.145. The van der Waals surface area contributed by atoms with Crippen LogP contribution in [0.5, 0.6) is 0 Å². The molecule has 0 N–H and O–H groups in total. The minimum absolute atomic E-state index is 0.152. The molecule has 0 atom stereocenters. The molecule has 0 spiro atoms. The van der Waals surface area contributed by atoms with Gasteiger partial charge in [-0.2, -0.15) is 4.74 Å². The number of rotatable bonds is 3. The highest BCUT2D eigenvalue weighted by molar-refractivity contribution is 9.11. The Balaban J connectivity index is 4.82. The van der Waals surface area contributed by atoms with Crippen molar-refractivity contribution in [1.29, 1.82) is 0 Å². The zero-order valence-electron chi connectivity index (χ0n) is 7.41. The lowest BCUT2D eigenvalue weighted by Crippen LogP contribution is -2.13. The van der Waals surface area contributed by atoms with E-state index < -0.39 is 5.97 Å². The summed E-state index contributed by atoms with van der Waals surface area (Å²) >= 11 is 3.15. The molecule has 0 aliphatic carbocycles. The molecule has 0 aliphatic heterocycles. The Morgan fingerprint density at radius 3 is 2.46 bits per heavy atom. The third-order valence-electron chi connectivity index (χ3n) is 1.13. The lowest BCUT2D eigenvalue weighted by molar-refractivity contribution is -0.388. The fourth-order valence-corrected chi connectivity index (χ4v) is 0.683. The second-order valence-electron chi connectivity index (χ2n) is 2.18. The largest absolute Gasteiger partial charge is 0.619 e. The molecule has 5 heteroatoms. The number of hydrogen-bond donors (Lipinski definition) is 0. The highest BCUT2D eigenvalue weighted by Crippen LogP contribution is 2.05. The van der Waals surface area contributed by atoms with Gasteiger partial charge in [-0.15, -0.1) is 0 Å². The van der Waals surface area contributed by atoms with Crippen molar-refractivity contribution in [3.8, 4) is 0 Å². The van der Waals surface area contributed by atoms with Gasteiger partial charge in [-0.05, 0) is 17.5 Å². The number of halogens is 1. The second-order valence-corrected chi connectivity index (χ2v) is 3.43. The van der Waals surface area contributed by atoms with Crippen molar-refractivity contribution in [2.45, 2.75) is 6.92 Å². The molecular formula is C8H10BrNO3. The fourth-order valence-electron chi connectivity index (χ4n) is 0.551. The summed E-state index contributed by atoms with van der Waals surface area (Å²) in [6.07, 6.45) is 2.89. The van der Waals surface area contributed by atoms with Gasteiger partial charge < -0.3 is 9.94 Å². The first-order valence-corrected chi connectivity index (χ1v) is 4.18. The van der Waals surface area contributed by atoms with E-state index in [1.165, 1.54) is 13.2 Å². The average molecular weight is 248 g/mol. The van der Waals surface area contributed by atoms with Gasteiger partial charge in [0.05, 0.1) is 7.11 Å². The Morgan fingerprint density at radius 1 is 1.62 bits per heavy atom. The molecule has 0 bridgehead atoms. The Bertz CT molecular complexity index is 277. The van der Waals surface area contributed by atoms with Gasteiger partial charge >= 0.3 is 11.7 Å². The maximum absolute atomic E-state index is 10.9. The molecule has 0 aromatic rings. The van der Waals surface area contributed by atoms with Crippen LogP contribution in [0.4, 0.5) is 0 Å². The first-order valence-electron chi connectivity index (χ1n) is 3.39. The summed E-state index contributed by atoms with van der Waals surface area (Å²) in [5.41, 5.74) is -0.152. The SMILES string of the molecule is C=[N+]([O-])/C(=C\C=C(/C)Br)C(=O)OC. The summed E-state index contributed by atoms with van der Waals surface area (Å²) < 4.78 is 5.37. The number of esters is 1. The van der Waals surface area contributed by atoms with Crippen LogP contribution >= 0.6 is 15.9 Å². The molecule has 0 heterocycles. The van der Waals surface area contributed by atoms with Crippen molar-refractivity contribution in [2.75, 3.05) is 7.11 Å². The fraction of sp³-hybridized carbons (Fsp3) is 0.250. The Labute approximate surface area is 84.9 Å². The topological polar surface area (TPSA) is 52.4 Å². The Kier molecular flexibility index (Phi) is 5.06. The number of allylic oxidation sites excluding steroid dienone is 3. The molecule has 0 saturated heterocycles. The smallest absolute Gasteiger partial charge is 0.404 e. The van der Waals surface area contributed by atoms with Crippen LogP contribution < -0.4 is 0 Å². The van der Waals surface area contributed by atoms with Crippen LogP contribution in [0.1, 0.15) is 6.92 Å². The van der Waals surface area contributed by atoms with E-state index >= 15 is 0 Å². The maximum atomic E-state index is 10.9. The van der Waals surface area contributed by atoms with E-state index in [2.05, 4.69) is 27.4 Å². The first-order chi connectivity index (χ1) is 5.99. The highest BCUT2D eigenvalue weighted by Gasteiger charge is 2.15. The summed E-state index contributed by atoms with van der Waals surface area (Å²) in [5, 5.41) is 10.7. The molecule has 0 saturated carbocycles. The molecule has 0 radical (unpaired) electrons. The van der Waals surface area contributed by atoms with Crippen molar-refractivity contribution >= 4 is 28.6 Å². The van der Waals surface area contributed by atoms with Crippen molar-refractivity contribution in [1.82, 2.24) is 0 Å². The van der Waals surface area contributed by atoms with Crippen LogP contribution in [0.25, 0.3) is 0 Å². The summed E-state index contributed by atoms with van der Waals surface area (Å²) in [6.45, 7) is 4.82.